The number of nitrogens with one attached hydrogen (secondary N) is 1. The Bertz CT molecular complexity index is 171. The van der Waals surface area contributed by atoms with Gasteiger partial charge in [0.15, 0.2) is 5.13 Å². The predicted molar refractivity (Wildman–Crippen MR) is 44.3 cm³/mol. The lowest BCUT2D eigenvalue weighted by atomic mass is 10.4. The van der Waals surface area contributed by atoms with E-state index in [0.29, 0.717) is 0 Å². The van der Waals surface area contributed by atoms with E-state index in [1.165, 1.54) is 0 Å². The van der Waals surface area contributed by atoms with Gasteiger partial charge in [0.1, 0.15) is 0 Å². The first-order valence-corrected chi connectivity index (χ1v) is 4.06. The molecule has 1 heterocycles. The SMILES string of the molecule is C[C@@H](N)CNc1nccs1. The van der Waals surface area contributed by atoms with Gasteiger partial charge < -0.3 is 11.1 Å². The van der Waals surface area contributed by atoms with Gasteiger partial charge in [-0.25, -0.2) is 4.98 Å². The van der Waals surface area contributed by atoms with Crippen molar-refractivity contribution in [2.24, 2.45) is 5.73 Å². The van der Waals surface area contributed by atoms with Crippen molar-refractivity contribution in [3.8, 4) is 0 Å². The molecule has 4 heteroatoms. The lowest BCUT2D eigenvalue weighted by Crippen LogP contribution is -2.25. The molecule has 1 atom stereocenters. The summed E-state index contributed by atoms with van der Waals surface area (Å²) in [5, 5.41) is 5.98. The van der Waals surface area contributed by atoms with E-state index in [1.54, 1.807) is 17.5 Å². The first-order chi connectivity index (χ1) is 4.79. The molecule has 0 amide bonds. The van der Waals surface area contributed by atoms with E-state index in [2.05, 4.69) is 10.3 Å². The van der Waals surface area contributed by atoms with Crippen LogP contribution in [0.25, 0.3) is 0 Å². The highest BCUT2D eigenvalue weighted by atomic mass is 32.1. The Morgan fingerprint density at radius 3 is 3.20 bits per heavy atom. The van der Waals surface area contributed by atoms with Gasteiger partial charge in [0.25, 0.3) is 0 Å². The molecule has 0 spiro atoms. The van der Waals surface area contributed by atoms with Gasteiger partial charge in [0.2, 0.25) is 0 Å². The van der Waals surface area contributed by atoms with E-state index in [1.807, 2.05) is 12.3 Å². The number of aromatic nitrogens is 1. The summed E-state index contributed by atoms with van der Waals surface area (Å²) in [4.78, 5) is 4.04. The van der Waals surface area contributed by atoms with Crippen LogP contribution in [-0.4, -0.2) is 17.6 Å². The molecule has 0 saturated heterocycles. The third kappa shape index (κ3) is 2.33. The van der Waals surface area contributed by atoms with Gasteiger partial charge in [-0.15, -0.1) is 11.3 Å². The first kappa shape index (κ1) is 7.50. The molecule has 1 aromatic rings. The molecular weight excluding hydrogens is 146 g/mol. The first-order valence-electron chi connectivity index (χ1n) is 3.18. The maximum atomic E-state index is 5.52. The lowest BCUT2D eigenvalue weighted by molar-refractivity contribution is 0.779. The van der Waals surface area contributed by atoms with E-state index in [4.69, 9.17) is 5.73 Å². The van der Waals surface area contributed by atoms with Crippen LogP contribution >= 0.6 is 11.3 Å². The highest BCUT2D eigenvalue weighted by molar-refractivity contribution is 7.13. The van der Waals surface area contributed by atoms with Gasteiger partial charge >= 0.3 is 0 Å². The maximum absolute atomic E-state index is 5.52. The molecule has 0 aliphatic rings. The van der Waals surface area contributed by atoms with Crippen LogP contribution in [0.5, 0.6) is 0 Å². The Morgan fingerprint density at radius 2 is 2.70 bits per heavy atom. The summed E-state index contributed by atoms with van der Waals surface area (Å²) in [5.74, 6) is 0. The number of nitrogens with two attached hydrogens (primary N) is 1. The number of anilines is 1. The van der Waals surface area contributed by atoms with E-state index in [9.17, 15) is 0 Å². The summed E-state index contributed by atoms with van der Waals surface area (Å²) in [5.41, 5.74) is 5.52. The highest BCUT2D eigenvalue weighted by Crippen LogP contribution is 2.09. The van der Waals surface area contributed by atoms with Crippen LogP contribution in [0.1, 0.15) is 6.92 Å². The summed E-state index contributed by atoms with van der Waals surface area (Å²) in [6, 6.07) is 0.184. The molecule has 56 valence electrons. The van der Waals surface area contributed by atoms with Crippen LogP contribution in [0.2, 0.25) is 0 Å². The standard InChI is InChI=1S/C6H11N3S/c1-5(7)4-9-6-8-2-3-10-6/h2-3,5H,4,7H2,1H3,(H,8,9)/t5-/m1/s1. The quantitative estimate of drug-likeness (QED) is 0.685. The number of nitrogens with zero attached hydrogens (tertiary/aromatic N) is 1. The van der Waals surface area contributed by atoms with E-state index in [-0.39, 0.29) is 6.04 Å². The highest BCUT2D eigenvalue weighted by Gasteiger charge is 1.94. The third-order valence-electron chi connectivity index (χ3n) is 1.01. The molecule has 3 N–H and O–H groups in total. The second-order valence-electron chi connectivity index (χ2n) is 2.20. The summed E-state index contributed by atoms with van der Waals surface area (Å²) < 4.78 is 0. The average Bonchev–Trinajstić information content (AvgIpc) is 2.34. The predicted octanol–water partition coefficient (Wildman–Crippen LogP) is 0.902. The summed E-state index contributed by atoms with van der Waals surface area (Å²) >= 11 is 1.59. The second kappa shape index (κ2) is 3.53. The van der Waals surface area contributed by atoms with Crippen molar-refractivity contribution < 1.29 is 0 Å². The summed E-state index contributed by atoms with van der Waals surface area (Å²) in [6.45, 7) is 2.74. The van der Waals surface area contributed by atoms with Crippen LogP contribution in [0.3, 0.4) is 0 Å². The van der Waals surface area contributed by atoms with Crippen molar-refractivity contribution in [2.75, 3.05) is 11.9 Å². The zero-order valence-corrected chi connectivity index (χ0v) is 6.69. The van der Waals surface area contributed by atoms with E-state index < -0.39 is 0 Å². The van der Waals surface area contributed by atoms with Crippen LogP contribution in [-0.2, 0) is 0 Å². The molecule has 0 radical (unpaired) electrons. The monoisotopic (exact) mass is 157 g/mol. The lowest BCUT2D eigenvalue weighted by Gasteiger charge is -2.04. The van der Waals surface area contributed by atoms with Crippen molar-refractivity contribution in [3.05, 3.63) is 11.6 Å². The number of thiazole rings is 1. The molecule has 0 aromatic carbocycles. The van der Waals surface area contributed by atoms with Gasteiger partial charge in [-0.05, 0) is 6.92 Å². The van der Waals surface area contributed by atoms with Crippen molar-refractivity contribution in [1.29, 1.82) is 0 Å². The molecular formula is C6H11N3S. The van der Waals surface area contributed by atoms with Gasteiger partial charge in [0, 0.05) is 24.2 Å². The van der Waals surface area contributed by atoms with Gasteiger partial charge in [-0.3, -0.25) is 0 Å². The molecule has 0 fully saturated rings. The van der Waals surface area contributed by atoms with Crippen molar-refractivity contribution in [1.82, 2.24) is 4.98 Å². The van der Waals surface area contributed by atoms with Gasteiger partial charge in [-0.2, -0.15) is 0 Å². The van der Waals surface area contributed by atoms with Crippen molar-refractivity contribution in [2.45, 2.75) is 13.0 Å². The van der Waals surface area contributed by atoms with Crippen LogP contribution in [0, 0.1) is 0 Å². The second-order valence-corrected chi connectivity index (χ2v) is 3.09. The maximum Gasteiger partial charge on any atom is 0.182 e. The fourth-order valence-electron chi connectivity index (χ4n) is 0.559. The Morgan fingerprint density at radius 1 is 1.90 bits per heavy atom. The minimum atomic E-state index is 0.184. The smallest absolute Gasteiger partial charge is 0.182 e. The molecule has 1 rings (SSSR count). The number of rotatable bonds is 3. The molecule has 3 nitrogen and oxygen atoms in total. The van der Waals surface area contributed by atoms with E-state index >= 15 is 0 Å². The zero-order chi connectivity index (χ0) is 7.40. The molecule has 10 heavy (non-hydrogen) atoms. The summed E-state index contributed by atoms with van der Waals surface area (Å²) in [6.07, 6.45) is 1.77. The fourth-order valence-corrected chi connectivity index (χ4v) is 1.10. The Balaban J connectivity index is 2.28. The average molecular weight is 157 g/mol. The van der Waals surface area contributed by atoms with Crippen LogP contribution in [0.4, 0.5) is 5.13 Å². The molecule has 0 saturated carbocycles. The Kier molecular flexibility index (Phi) is 2.65. The molecule has 0 bridgehead atoms. The molecule has 0 aliphatic carbocycles. The molecule has 1 aromatic heterocycles. The normalized spacial score (nSPS) is 13.0. The minimum absolute atomic E-state index is 0.184. The van der Waals surface area contributed by atoms with Crippen LogP contribution in [0.15, 0.2) is 11.6 Å². The number of hydrogen-bond acceptors (Lipinski definition) is 4. The summed E-state index contributed by atoms with van der Waals surface area (Å²) in [7, 11) is 0. The topological polar surface area (TPSA) is 50.9 Å². The molecule has 0 unspecified atom stereocenters. The Labute approximate surface area is 64.3 Å². The van der Waals surface area contributed by atoms with Crippen molar-refractivity contribution in [3.63, 3.8) is 0 Å². The van der Waals surface area contributed by atoms with Crippen molar-refractivity contribution >= 4 is 16.5 Å². The number of hydrogen-bond donors (Lipinski definition) is 2. The van der Waals surface area contributed by atoms with E-state index in [0.717, 1.165) is 11.7 Å². The third-order valence-corrected chi connectivity index (χ3v) is 1.74. The van der Waals surface area contributed by atoms with Gasteiger partial charge in [-0.1, -0.05) is 0 Å². The fraction of sp³-hybridized carbons (Fsp3) is 0.500. The van der Waals surface area contributed by atoms with Gasteiger partial charge in [0.05, 0.1) is 0 Å². The van der Waals surface area contributed by atoms with Crippen LogP contribution < -0.4 is 11.1 Å². The minimum Gasteiger partial charge on any atom is -0.360 e. The molecule has 0 aliphatic heterocycles. The zero-order valence-electron chi connectivity index (χ0n) is 5.87. The Hall–Kier alpha value is -0.610. The largest absolute Gasteiger partial charge is 0.360 e.